The third-order valence-electron chi connectivity index (χ3n) is 3.83. The monoisotopic (exact) mass is 312 g/mol. The number of ether oxygens (including phenoxy) is 1. The number of aliphatic hydroxyl groups excluding tert-OH is 1. The number of morpholine rings is 1. The zero-order valence-electron chi connectivity index (χ0n) is 12.6. The molecule has 1 heterocycles. The summed E-state index contributed by atoms with van der Waals surface area (Å²) in [5.41, 5.74) is 1.17. The molecule has 1 aliphatic heterocycles. The van der Waals surface area contributed by atoms with Gasteiger partial charge in [-0.25, -0.2) is 0 Å². The van der Waals surface area contributed by atoms with Gasteiger partial charge < -0.3 is 15.2 Å². The van der Waals surface area contributed by atoms with Crippen molar-refractivity contribution < 1.29 is 9.84 Å². The summed E-state index contributed by atoms with van der Waals surface area (Å²) in [4.78, 5) is 2.25. The average molecular weight is 313 g/mol. The maximum absolute atomic E-state index is 10.2. The molecule has 1 aromatic rings. The number of benzene rings is 1. The first-order valence-electron chi connectivity index (χ1n) is 7.66. The molecule has 0 amide bonds. The highest BCUT2D eigenvalue weighted by Gasteiger charge is 2.16. The van der Waals surface area contributed by atoms with Gasteiger partial charge in [0.1, 0.15) is 0 Å². The van der Waals surface area contributed by atoms with Crippen LogP contribution in [0.15, 0.2) is 24.3 Å². The standard InChI is InChI=1S/C16H25ClN2O2/c1-2-16(13-4-3-5-14(17)10-13)18-11-15(20)12-19-6-8-21-9-7-19/h3-5,10,15-16,18,20H,2,6-9,11-12H2,1H3. The SMILES string of the molecule is CCC(NCC(O)CN1CCOCC1)c1cccc(Cl)c1. The van der Waals surface area contributed by atoms with Crippen molar-refractivity contribution in [2.24, 2.45) is 0 Å². The van der Waals surface area contributed by atoms with Gasteiger partial charge in [-0.2, -0.15) is 0 Å². The van der Waals surface area contributed by atoms with Crippen LogP contribution in [0.4, 0.5) is 0 Å². The van der Waals surface area contributed by atoms with Gasteiger partial charge in [-0.05, 0) is 24.1 Å². The van der Waals surface area contributed by atoms with Gasteiger partial charge in [0.25, 0.3) is 0 Å². The smallest absolute Gasteiger partial charge is 0.0791 e. The number of β-amino-alcohol motifs (C(OH)–C–C–N with tert-alkyl or cyclic N) is 1. The first-order valence-corrected chi connectivity index (χ1v) is 8.04. The normalized spacial score (nSPS) is 19.4. The number of nitrogens with one attached hydrogen (secondary N) is 1. The molecule has 1 saturated heterocycles. The van der Waals surface area contributed by atoms with Gasteiger partial charge in [0.15, 0.2) is 0 Å². The van der Waals surface area contributed by atoms with Crippen molar-refractivity contribution in [3.8, 4) is 0 Å². The van der Waals surface area contributed by atoms with E-state index in [0.29, 0.717) is 13.1 Å². The lowest BCUT2D eigenvalue weighted by atomic mass is 10.0. The Hall–Kier alpha value is -0.650. The van der Waals surface area contributed by atoms with E-state index in [-0.39, 0.29) is 12.1 Å². The molecule has 0 spiro atoms. The molecule has 2 rings (SSSR count). The minimum absolute atomic E-state index is 0.225. The van der Waals surface area contributed by atoms with E-state index in [1.54, 1.807) is 0 Å². The second-order valence-corrected chi connectivity index (χ2v) is 5.93. The molecule has 1 aromatic carbocycles. The molecule has 0 saturated carbocycles. The molecule has 0 aliphatic carbocycles. The molecule has 0 radical (unpaired) electrons. The number of aliphatic hydroxyl groups is 1. The van der Waals surface area contributed by atoms with E-state index in [4.69, 9.17) is 16.3 Å². The Morgan fingerprint density at radius 3 is 2.81 bits per heavy atom. The van der Waals surface area contributed by atoms with Crippen LogP contribution in [0.2, 0.25) is 5.02 Å². The topological polar surface area (TPSA) is 44.7 Å². The highest BCUT2D eigenvalue weighted by atomic mass is 35.5. The van der Waals surface area contributed by atoms with E-state index in [2.05, 4.69) is 23.2 Å². The maximum Gasteiger partial charge on any atom is 0.0791 e. The van der Waals surface area contributed by atoms with E-state index in [0.717, 1.165) is 37.7 Å². The van der Waals surface area contributed by atoms with Crippen molar-refractivity contribution in [2.75, 3.05) is 39.4 Å². The average Bonchev–Trinajstić information content (AvgIpc) is 2.49. The predicted molar refractivity (Wildman–Crippen MR) is 85.8 cm³/mol. The molecule has 0 aromatic heterocycles. The second-order valence-electron chi connectivity index (χ2n) is 5.49. The summed E-state index contributed by atoms with van der Waals surface area (Å²) in [5.74, 6) is 0. The van der Waals surface area contributed by atoms with Gasteiger partial charge in [0.05, 0.1) is 19.3 Å². The van der Waals surface area contributed by atoms with Gasteiger partial charge in [-0.15, -0.1) is 0 Å². The molecule has 4 nitrogen and oxygen atoms in total. The first-order chi connectivity index (χ1) is 10.2. The fourth-order valence-electron chi connectivity index (χ4n) is 2.65. The van der Waals surface area contributed by atoms with Crippen LogP contribution < -0.4 is 5.32 Å². The van der Waals surface area contributed by atoms with E-state index in [1.807, 2.05) is 18.2 Å². The van der Waals surface area contributed by atoms with Crippen LogP contribution >= 0.6 is 11.6 Å². The van der Waals surface area contributed by atoms with E-state index < -0.39 is 0 Å². The lowest BCUT2D eigenvalue weighted by molar-refractivity contribution is 0.0144. The molecular weight excluding hydrogens is 288 g/mol. The Morgan fingerprint density at radius 1 is 1.38 bits per heavy atom. The number of hydrogen-bond acceptors (Lipinski definition) is 4. The Bertz CT molecular complexity index is 424. The largest absolute Gasteiger partial charge is 0.390 e. The van der Waals surface area contributed by atoms with Crippen LogP contribution in [0.5, 0.6) is 0 Å². The van der Waals surface area contributed by atoms with Crippen molar-refractivity contribution in [1.82, 2.24) is 10.2 Å². The number of halogens is 1. The van der Waals surface area contributed by atoms with Crippen LogP contribution in [-0.2, 0) is 4.74 Å². The second kappa shape index (κ2) is 8.71. The van der Waals surface area contributed by atoms with Crippen LogP contribution in [-0.4, -0.2) is 55.5 Å². The van der Waals surface area contributed by atoms with Crippen molar-refractivity contribution in [2.45, 2.75) is 25.5 Å². The first kappa shape index (κ1) is 16.7. The van der Waals surface area contributed by atoms with Gasteiger partial charge >= 0.3 is 0 Å². The summed E-state index contributed by atoms with van der Waals surface area (Å²) in [5, 5.41) is 14.4. The minimum atomic E-state index is -0.365. The van der Waals surface area contributed by atoms with Crippen LogP contribution in [0.25, 0.3) is 0 Å². The summed E-state index contributed by atoms with van der Waals surface area (Å²) >= 11 is 6.04. The van der Waals surface area contributed by atoms with E-state index in [1.165, 1.54) is 5.56 Å². The van der Waals surface area contributed by atoms with Crippen molar-refractivity contribution >= 4 is 11.6 Å². The molecule has 21 heavy (non-hydrogen) atoms. The maximum atomic E-state index is 10.2. The molecule has 118 valence electrons. The highest BCUT2D eigenvalue weighted by Crippen LogP contribution is 2.20. The summed E-state index contributed by atoms with van der Waals surface area (Å²) in [6.45, 7) is 6.75. The summed E-state index contributed by atoms with van der Waals surface area (Å²) in [7, 11) is 0. The molecule has 2 atom stereocenters. The molecular formula is C16H25ClN2O2. The molecule has 2 N–H and O–H groups in total. The van der Waals surface area contributed by atoms with Crippen molar-refractivity contribution in [3.05, 3.63) is 34.9 Å². The number of hydrogen-bond donors (Lipinski definition) is 2. The Kier molecular flexibility index (Phi) is 6.93. The molecule has 0 bridgehead atoms. The summed E-state index contributed by atoms with van der Waals surface area (Å²) < 4.78 is 5.31. The van der Waals surface area contributed by atoms with E-state index >= 15 is 0 Å². The molecule has 2 unspecified atom stereocenters. The summed E-state index contributed by atoms with van der Waals surface area (Å²) in [6.07, 6.45) is 0.598. The highest BCUT2D eigenvalue weighted by molar-refractivity contribution is 6.30. The van der Waals surface area contributed by atoms with Gasteiger partial charge in [-0.3, -0.25) is 4.90 Å². The fraction of sp³-hybridized carbons (Fsp3) is 0.625. The van der Waals surface area contributed by atoms with Gasteiger partial charge in [0.2, 0.25) is 0 Å². The van der Waals surface area contributed by atoms with Crippen LogP contribution in [0, 0.1) is 0 Å². The van der Waals surface area contributed by atoms with Gasteiger partial charge in [-0.1, -0.05) is 30.7 Å². The molecule has 5 heteroatoms. The minimum Gasteiger partial charge on any atom is -0.390 e. The summed E-state index contributed by atoms with van der Waals surface area (Å²) in [6, 6.07) is 8.12. The number of nitrogens with zero attached hydrogens (tertiary/aromatic N) is 1. The zero-order chi connectivity index (χ0) is 15.1. The lowest BCUT2D eigenvalue weighted by Crippen LogP contribution is -2.44. The fourth-order valence-corrected chi connectivity index (χ4v) is 2.84. The Morgan fingerprint density at radius 2 is 2.14 bits per heavy atom. The lowest BCUT2D eigenvalue weighted by Gasteiger charge is -2.29. The van der Waals surface area contributed by atoms with Crippen molar-refractivity contribution in [1.29, 1.82) is 0 Å². The van der Waals surface area contributed by atoms with Crippen molar-refractivity contribution in [3.63, 3.8) is 0 Å². The van der Waals surface area contributed by atoms with E-state index in [9.17, 15) is 5.11 Å². The quantitative estimate of drug-likeness (QED) is 0.809. The molecule has 1 aliphatic rings. The number of rotatable bonds is 7. The zero-order valence-corrected chi connectivity index (χ0v) is 13.4. The Balaban J connectivity index is 1.79. The van der Waals surface area contributed by atoms with Crippen LogP contribution in [0.3, 0.4) is 0 Å². The molecule has 1 fully saturated rings. The third kappa shape index (κ3) is 5.57. The predicted octanol–water partition coefficient (Wildman–Crippen LogP) is 2.07. The van der Waals surface area contributed by atoms with Crippen LogP contribution in [0.1, 0.15) is 24.9 Å². The Labute approximate surface area is 132 Å². The third-order valence-corrected chi connectivity index (χ3v) is 4.07. The van der Waals surface area contributed by atoms with Gasteiger partial charge in [0, 0.05) is 37.2 Å².